The molecule has 2 aromatic rings. The molecule has 0 spiro atoms. The predicted molar refractivity (Wildman–Crippen MR) is 63.3 cm³/mol. The topological polar surface area (TPSA) is 37.8 Å². The summed E-state index contributed by atoms with van der Waals surface area (Å²) in [6.45, 7) is 1.81. The van der Waals surface area contributed by atoms with Crippen molar-refractivity contribution in [3.63, 3.8) is 0 Å². The summed E-state index contributed by atoms with van der Waals surface area (Å²) in [6.07, 6.45) is 0.537. The monoisotopic (exact) mass is 320 g/mol. The van der Waals surface area contributed by atoms with Crippen molar-refractivity contribution in [2.24, 2.45) is 0 Å². The number of nitrogens with zero attached hydrogens (tertiary/aromatic N) is 1. The van der Waals surface area contributed by atoms with E-state index in [-0.39, 0.29) is 10.2 Å². The zero-order valence-corrected chi connectivity index (χ0v) is 10.8. The first kappa shape index (κ1) is 12.9. The molecule has 96 valence electrons. The first-order valence-electron chi connectivity index (χ1n) is 5.10. The van der Waals surface area contributed by atoms with Crippen LogP contribution in [-0.2, 0) is 6.42 Å². The van der Waals surface area contributed by atoms with Gasteiger partial charge in [0.2, 0.25) is 0 Å². The largest absolute Gasteiger partial charge is 0.294 e. The molecule has 0 radical (unpaired) electrons. The first-order valence-corrected chi connectivity index (χ1v) is 5.89. The van der Waals surface area contributed by atoms with Crippen LogP contribution in [0.25, 0.3) is 5.69 Å². The molecule has 18 heavy (non-hydrogen) atoms. The highest BCUT2D eigenvalue weighted by Crippen LogP contribution is 2.17. The van der Waals surface area contributed by atoms with E-state index in [1.165, 1.54) is 0 Å². The number of rotatable bonds is 2. The van der Waals surface area contributed by atoms with E-state index in [2.05, 4.69) is 21.0 Å². The van der Waals surface area contributed by atoms with Gasteiger partial charge in [0.05, 0.1) is 11.4 Å². The predicted octanol–water partition coefficient (Wildman–Crippen LogP) is 2.91. The lowest BCUT2D eigenvalue weighted by atomic mass is 10.3. The molecule has 0 aliphatic rings. The average Bonchev–Trinajstić information content (AvgIpc) is 2.62. The van der Waals surface area contributed by atoms with Crippen LogP contribution < -0.4 is 5.56 Å². The number of benzene rings is 1. The number of halogens is 4. The maximum atomic E-state index is 13.1. The Labute approximate surface area is 108 Å². The van der Waals surface area contributed by atoms with Crippen molar-refractivity contribution in [1.82, 2.24) is 9.78 Å². The van der Waals surface area contributed by atoms with Gasteiger partial charge in [0.25, 0.3) is 5.56 Å². The summed E-state index contributed by atoms with van der Waals surface area (Å²) >= 11 is 3.08. The third-order valence-corrected chi connectivity index (χ3v) is 3.30. The van der Waals surface area contributed by atoms with Crippen molar-refractivity contribution in [3.05, 3.63) is 50.1 Å². The minimum Gasteiger partial charge on any atom is -0.294 e. The Balaban J connectivity index is 2.66. The Kier molecular flexibility index (Phi) is 3.34. The molecule has 0 saturated heterocycles. The minimum absolute atomic E-state index is 0.100. The molecule has 1 heterocycles. The van der Waals surface area contributed by atoms with Crippen LogP contribution in [0.4, 0.5) is 13.2 Å². The quantitative estimate of drug-likeness (QED) is 0.849. The molecule has 3 nitrogen and oxygen atoms in total. The van der Waals surface area contributed by atoms with E-state index in [9.17, 15) is 18.0 Å². The zero-order valence-electron chi connectivity index (χ0n) is 9.23. The minimum atomic E-state index is -1.56. The van der Waals surface area contributed by atoms with Gasteiger partial charge in [-0.05, 0) is 22.4 Å². The third-order valence-electron chi connectivity index (χ3n) is 2.48. The fraction of sp³-hybridized carbons (Fsp3) is 0.182. The summed E-state index contributed by atoms with van der Waals surface area (Å²) in [5, 5.41) is 2.69. The Morgan fingerprint density at radius 3 is 2.28 bits per heavy atom. The molecule has 2 rings (SSSR count). The van der Waals surface area contributed by atoms with Gasteiger partial charge in [-0.2, -0.15) is 0 Å². The van der Waals surface area contributed by atoms with Crippen LogP contribution in [0.3, 0.4) is 0 Å². The van der Waals surface area contributed by atoms with Gasteiger partial charge in [0.15, 0.2) is 17.5 Å². The SMILES string of the molecule is CCc1[nH]n(-c2cc(F)c(F)c(F)c2)c(=O)c1Br. The lowest BCUT2D eigenvalue weighted by Gasteiger charge is -2.03. The fourth-order valence-electron chi connectivity index (χ4n) is 1.55. The number of nitrogens with one attached hydrogen (secondary N) is 1. The standard InChI is InChI=1S/C11H8BrF3N2O/c1-2-8-9(12)11(18)17(16-8)5-3-6(13)10(15)7(14)4-5/h3-4,16H,2H2,1H3. The number of aryl methyl sites for hydroxylation is 1. The molecule has 0 amide bonds. The maximum absolute atomic E-state index is 13.1. The van der Waals surface area contributed by atoms with Crippen molar-refractivity contribution in [3.8, 4) is 5.69 Å². The molecule has 0 saturated carbocycles. The van der Waals surface area contributed by atoms with E-state index in [1.54, 1.807) is 0 Å². The van der Waals surface area contributed by atoms with Gasteiger partial charge in [-0.15, -0.1) is 0 Å². The van der Waals surface area contributed by atoms with Crippen LogP contribution in [0.1, 0.15) is 12.6 Å². The summed E-state index contributed by atoms with van der Waals surface area (Å²) in [6, 6.07) is 1.50. The summed E-state index contributed by atoms with van der Waals surface area (Å²) in [5.41, 5.74) is -0.000741. The van der Waals surface area contributed by atoms with Gasteiger partial charge in [-0.1, -0.05) is 6.92 Å². The van der Waals surface area contributed by atoms with Crippen molar-refractivity contribution < 1.29 is 13.2 Å². The highest BCUT2D eigenvalue weighted by Gasteiger charge is 2.16. The Bertz CT molecular complexity index is 640. The van der Waals surface area contributed by atoms with E-state index < -0.39 is 23.0 Å². The second kappa shape index (κ2) is 4.64. The molecule has 0 atom stereocenters. The van der Waals surface area contributed by atoms with E-state index in [4.69, 9.17) is 0 Å². The van der Waals surface area contributed by atoms with Crippen LogP contribution in [0.5, 0.6) is 0 Å². The Morgan fingerprint density at radius 1 is 1.28 bits per heavy atom. The van der Waals surface area contributed by atoms with Crippen LogP contribution in [0.2, 0.25) is 0 Å². The Hall–Kier alpha value is -1.50. The van der Waals surface area contributed by atoms with Crippen molar-refractivity contribution in [1.29, 1.82) is 0 Å². The number of H-pyrrole nitrogens is 1. The molecule has 1 aromatic carbocycles. The second-order valence-corrected chi connectivity index (χ2v) is 4.41. The molecule has 1 N–H and O–H groups in total. The molecule has 0 unspecified atom stereocenters. The van der Waals surface area contributed by atoms with Gasteiger partial charge < -0.3 is 0 Å². The van der Waals surface area contributed by atoms with Crippen molar-refractivity contribution >= 4 is 15.9 Å². The molecule has 0 bridgehead atoms. The lowest BCUT2D eigenvalue weighted by Crippen LogP contribution is -2.15. The highest BCUT2D eigenvalue weighted by atomic mass is 79.9. The smallest absolute Gasteiger partial charge is 0.285 e. The second-order valence-electron chi connectivity index (χ2n) is 3.62. The zero-order chi connectivity index (χ0) is 13.4. The van der Waals surface area contributed by atoms with E-state index in [1.807, 2.05) is 6.92 Å². The van der Waals surface area contributed by atoms with Crippen molar-refractivity contribution in [2.45, 2.75) is 13.3 Å². The summed E-state index contributed by atoms with van der Waals surface area (Å²) < 4.78 is 40.2. The van der Waals surface area contributed by atoms with E-state index in [0.29, 0.717) is 12.1 Å². The lowest BCUT2D eigenvalue weighted by molar-refractivity contribution is 0.445. The highest BCUT2D eigenvalue weighted by molar-refractivity contribution is 9.10. The molecule has 0 aliphatic carbocycles. The normalized spacial score (nSPS) is 10.9. The van der Waals surface area contributed by atoms with Crippen molar-refractivity contribution in [2.75, 3.05) is 0 Å². The van der Waals surface area contributed by atoms with Gasteiger partial charge in [-0.25, -0.2) is 17.9 Å². The molecule has 0 aliphatic heterocycles. The summed E-state index contributed by atoms with van der Waals surface area (Å²) in [7, 11) is 0. The first-order chi connectivity index (χ1) is 8.45. The van der Waals surface area contributed by atoms with Gasteiger partial charge in [0, 0.05) is 12.1 Å². The number of hydrogen-bond acceptors (Lipinski definition) is 1. The van der Waals surface area contributed by atoms with Crippen LogP contribution in [0.15, 0.2) is 21.4 Å². The van der Waals surface area contributed by atoms with E-state index in [0.717, 1.165) is 16.8 Å². The molecule has 7 heteroatoms. The molecule has 1 aromatic heterocycles. The number of aromatic amines is 1. The van der Waals surface area contributed by atoms with E-state index >= 15 is 0 Å². The maximum Gasteiger partial charge on any atom is 0.285 e. The molecule has 0 fully saturated rings. The third kappa shape index (κ3) is 1.98. The molecular weight excluding hydrogens is 313 g/mol. The van der Waals surface area contributed by atoms with Gasteiger partial charge >= 0.3 is 0 Å². The molecular formula is C11H8BrF3N2O. The fourth-order valence-corrected chi connectivity index (χ4v) is 2.10. The van der Waals surface area contributed by atoms with Crippen LogP contribution in [-0.4, -0.2) is 9.78 Å². The average molecular weight is 321 g/mol. The van der Waals surface area contributed by atoms with Crippen LogP contribution in [0, 0.1) is 17.5 Å². The van der Waals surface area contributed by atoms with Gasteiger partial charge in [0.1, 0.15) is 4.47 Å². The Morgan fingerprint density at radius 2 is 1.83 bits per heavy atom. The summed E-state index contributed by atoms with van der Waals surface area (Å²) in [5.74, 6) is -4.26. The number of aromatic nitrogens is 2. The van der Waals surface area contributed by atoms with Gasteiger partial charge in [-0.3, -0.25) is 9.89 Å². The van der Waals surface area contributed by atoms with Crippen LogP contribution >= 0.6 is 15.9 Å². The number of hydrogen-bond donors (Lipinski definition) is 1. The summed E-state index contributed by atoms with van der Waals surface area (Å²) in [4.78, 5) is 11.8.